The van der Waals surface area contributed by atoms with Gasteiger partial charge in [0.2, 0.25) is 0 Å². The highest BCUT2D eigenvalue weighted by molar-refractivity contribution is 5.27. The second-order valence-electron chi connectivity index (χ2n) is 4.37. The number of benzene rings is 1. The Hall–Kier alpha value is -1.96. The van der Waals surface area contributed by atoms with E-state index in [-0.39, 0.29) is 6.04 Å². The summed E-state index contributed by atoms with van der Waals surface area (Å²) in [5.41, 5.74) is 5.52. The molecule has 108 valence electrons. The number of nitrogens with two attached hydrogens (primary N) is 1. The van der Waals surface area contributed by atoms with Crippen LogP contribution in [0.2, 0.25) is 0 Å². The third-order valence-electron chi connectivity index (χ3n) is 2.87. The minimum atomic E-state index is -4.34. The number of hydrogen-bond acceptors (Lipinski definition) is 4. The third-order valence-corrected chi connectivity index (χ3v) is 2.87. The van der Waals surface area contributed by atoms with Crippen molar-refractivity contribution < 1.29 is 13.2 Å². The van der Waals surface area contributed by atoms with Crippen LogP contribution in [0.25, 0.3) is 0 Å². The van der Waals surface area contributed by atoms with Crippen LogP contribution in [0.5, 0.6) is 0 Å². The molecule has 0 radical (unpaired) electrons. The van der Waals surface area contributed by atoms with Gasteiger partial charge in [0, 0.05) is 0 Å². The summed E-state index contributed by atoms with van der Waals surface area (Å²) in [6.45, 7) is 2.06. The second-order valence-corrected chi connectivity index (χ2v) is 4.37. The van der Waals surface area contributed by atoms with Gasteiger partial charge in [0.05, 0.1) is 11.6 Å². The Bertz CT molecular complexity index is 561. The molecule has 2 rings (SSSR count). The zero-order valence-corrected chi connectivity index (χ0v) is 10.8. The first-order valence-corrected chi connectivity index (χ1v) is 6.05. The molecule has 5 nitrogen and oxygen atoms in total. The van der Waals surface area contributed by atoms with Gasteiger partial charge >= 0.3 is 6.18 Å². The number of aromatic nitrogens is 4. The Morgan fingerprint density at radius 2 is 1.90 bits per heavy atom. The average molecular weight is 285 g/mol. The molecule has 1 unspecified atom stereocenters. The summed E-state index contributed by atoms with van der Waals surface area (Å²) in [7, 11) is 0. The van der Waals surface area contributed by atoms with Gasteiger partial charge in [0.25, 0.3) is 0 Å². The Morgan fingerprint density at radius 3 is 2.35 bits per heavy atom. The third kappa shape index (κ3) is 3.13. The molecule has 8 heteroatoms. The molecular weight excluding hydrogens is 271 g/mol. The van der Waals surface area contributed by atoms with Crippen molar-refractivity contribution in [3.05, 3.63) is 41.2 Å². The molecule has 1 heterocycles. The molecule has 0 aliphatic carbocycles. The van der Waals surface area contributed by atoms with E-state index in [1.807, 2.05) is 0 Å². The van der Waals surface area contributed by atoms with Crippen LogP contribution in [0.15, 0.2) is 24.3 Å². The average Bonchev–Trinajstić information content (AvgIpc) is 2.81. The van der Waals surface area contributed by atoms with E-state index < -0.39 is 11.7 Å². The summed E-state index contributed by atoms with van der Waals surface area (Å²) in [5, 5.41) is 11.7. The van der Waals surface area contributed by atoms with E-state index in [0.29, 0.717) is 24.4 Å². The van der Waals surface area contributed by atoms with Gasteiger partial charge in [-0.25, -0.2) is 0 Å². The van der Waals surface area contributed by atoms with Gasteiger partial charge in [-0.2, -0.15) is 18.0 Å². The number of nitrogens with zero attached hydrogens (tertiary/aromatic N) is 4. The van der Waals surface area contributed by atoms with Crippen LogP contribution in [0.1, 0.15) is 29.4 Å². The fraction of sp³-hybridized carbons (Fsp3) is 0.417. The lowest BCUT2D eigenvalue weighted by Crippen LogP contribution is -2.18. The summed E-state index contributed by atoms with van der Waals surface area (Å²) in [5.74, 6) is 0.499. The predicted molar refractivity (Wildman–Crippen MR) is 65.8 cm³/mol. The Balaban J connectivity index is 2.30. The zero-order chi connectivity index (χ0) is 14.8. The number of alkyl halides is 3. The van der Waals surface area contributed by atoms with Crippen LogP contribution in [0.4, 0.5) is 13.2 Å². The molecule has 2 N–H and O–H groups in total. The number of rotatable bonds is 4. The molecule has 0 aliphatic rings. The quantitative estimate of drug-likeness (QED) is 0.932. The van der Waals surface area contributed by atoms with E-state index in [2.05, 4.69) is 15.4 Å². The molecule has 0 fully saturated rings. The largest absolute Gasteiger partial charge is 0.416 e. The molecule has 0 amide bonds. The molecule has 20 heavy (non-hydrogen) atoms. The molecule has 1 aromatic heterocycles. The number of halogens is 3. The van der Waals surface area contributed by atoms with Crippen LogP contribution >= 0.6 is 0 Å². The van der Waals surface area contributed by atoms with E-state index in [9.17, 15) is 13.2 Å². The highest BCUT2D eigenvalue weighted by Gasteiger charge is 2.30. The van der Waals surface area contributed by atoms with Crippen LogP contribution in [-0.2, 0) is 6.18 Å². The smallest absolute Gasteiger partial charge is 0.330 e. The molecule has 1 atom stereocenters. The summed E-state index contributed by atoms with van der Waals surface area (Å²) < 4.78 is 37.6. The standard InChI is InChI=1S/C12H14F3N5/c1-8-17-19-20(18-8)11(6-7-16)9-2-4-10(5-3-9)12(13,14)15/h2-5,11H,6-7,16H2,1H3. The number of aryl methyl sites for hydroxylation is 1. The highest BCUT2D eigenvalue weighted by atomic mass is 19.4. The van der Waals surface area contributed by atoms with Crippen LogP contribution in [-0.4, -0.2) is 26.8 Å². The lowest BCUT2D eigenvalue weighted by molar-refractivity contribution is -0.137. The maximum Gasteiger partial charge on any atom is 0.416 e. The zero-order valence-electron chi connectivity index (χ0n) is 10.8. The van der Waals surface area contributed by atoms with Gasteiger partial charge in [-0.15, -0.1) is 10.2 Å². The van der Waals surface area contributed by atoms with Gasteiger partial charge in [0.1, 0.15) is 0 Å². The molecular formula is C12H14F3N5. The van der Waals surface area contributed by atoms with Gasteiger partial charge < -0.3 is 5.73 Å². The molecule has 0 bridgehead atoms. The van der Waals surface area contributed by atoms with Crippen LogP contribution in [0, 0.1) is 6.92 Å². The van der Waals surface area contributed by atoms with Crippen molar-refractivity contribution in [1.82, 2.24) is 20.2 Å². The van der Waals surface area contributed by atoms with Crippen molar-refractivity contribution in [2.75, 3.05) is 6.54 Å². The van der Waals surface area contributed by atoms with Crippen molar-refractivity contribution in [1.29, 1.82) is 0 Å². The summed E-state index contributed by atoms with van der Waals surface area (Å²) in [6, 6.07) is 4.61. The van der Waals surface area contributed by atoms with Crippen molar-refractivity contribution >= 4 is 0 Å². The lowest BCUT2D eigenvalue weighted by Gasteiger charge is -2.16. The topological polar surface area (TPSA) is 69.6 Å². The van der Waals surface area contributed by atoms with Crippen molar-refractivity contribution in [2.45, 2.75) is 25.6 Å². The molecule has 0 saturated carbocycles. The van der Waals surface area contributed by atoms with Crippen molar-refractivity contribution in [2.24, 2.45) is 5.73 Å². The van der Waals surface area contributed by atoms with E-state index in [0.717, 1.165) is 12.1 Å². The normalized spacial score (nSPS) is 13.4. The first-order chi connectivity index (χ1) is 9.41. The van der Waals surface area contributed by atoms with E-state index in [1.54, 1.807) is 6.92 Å². The predicted octanol–water partition coefficient (Wildman–Crippen LogP) is 1.94. The fourth-order valence-electron chi connectivity index (χ4n) is 1.90. The molecule has 1 aromatic carbocycles. The fourth-order valence-corrected chi connectivity index (χ4v) is 1.90. The van der Waals surface area contributed by atoms with E-state index >= 15 is 0 Å². The molecule has 0 saturated heterocycles. The van der Waals surface area contributed by atoms with Gasteiger partial charge in [-0.3, -0.25) is 0 Å². The first kappa shape index (κ1) is 14.4. The highest BCUT2D eigenvalue weighted by Crippen LogP contribution is 2.30. The Labute approximate surface area is 113 Å². The maximum atomic E-state index is 12.5. The van der Waals surface area contributed by atoms with E-state index in [4.69, 9.17) is 5.73 Å². The van der Waals surface area contributed by atoms with Gasteiger partial charge in [-0.1, -0.05) is 12.1 Å². The number of hydrogen-bond donors (Lipinski definition) is 1. The van der Waals surface area contributed by atoms with Crippen molar-refractivity contribution in [3.63, 3.8) is 0 Å². The summed E-state index contributed by atoms with van der Waals surface area (Å²) >= 11 is 0. The second kappa shape index (κ2) is 5.58. The van der Waals surface area contributed by atoms with Crippen LogP contribution < -0.4 is 5.73 Å². The molecule has 2 aromatic rings. The lowest BCUT2D eigenvalue weighted by atomic mass is 10.0. The SMILES string of the molecule is Cc1nnn(C(CCN)c2ccc(C(F)(F)F)cc2)n1. The Kier molecular flexibility index (Phi) is 4.03. The monoisotopic (exact) mass is 285 g/mol. The van der Waals surface area contributed by atoms with Gasteiger partial charge in [0.15, 0.2) is 5.82 Å². The maximum absolute atomic E-state index is 12.5. The summed E-state index contributed by atoms with van der Waals surface area (Å²) in [4.78, 5) is 1.38. The van der Waals surface area contributed by atoms with Gasteiger partial charge in [-0.05, 0) is 42.8 Å². The van der Waals surface area contributed by atoms with Crippen molar-refractivity contribution in [3.8, 4) is 0 Å². The minimum Gasteiger partial charge on any atom is -0.330 e. The van der Waals surface area contributed by atoms with E-state index in [1.165, 1.54) is 16.9 Å². The molecule has 0 spiro atoms. The minimum absolute atomic E-state index is 0.316. The first-order valence-electron chi connectivity index (χ1n) is 6.05. The Morgan fingerprint density at radius 1 is 1.25 bits per heavy atom. The summed E-state index contributed by atoms with van der Waals surface area (Å²) in [6.07, 6.45) is -3.83. The molecule has 0 aliphatic heterocycles. The van der Waals surface area contributed by atoms with Crippen LogP contribution in [0.3, 0.4) is 0 Å². The number of tetrazole rings is 1.